The van der Waals surface area contributed by atoms with Gasteiger partial charge in [0.1, 0.15) is 11.5 Å². The number of carbonyl (C=O) groups excluding carboxylic acids is 1. The fourth-order valence-corrected chi connectivity index (χ4v) is 4.46. The normalized spacial score (nSPS) is 13.4. The van der Waals surface area contributed by atoms with Crippen LogP contribution >= 0.6 is 0 Å². The van der Waals surface area contributed by atoms with Crippen LogP contribution in [0, 0.1) is 5.82 Å². The predicted molar refractivity (Wildman–Crippen MR) is 130 cm³/mol. The quantitative estimate of drug-likeness (QED) is 0.460. The molecule has 4 rings (SSSR count). The highest BCUT2D eigenvalue weighted by molar-refractivity contribution is 5.99. The Balaban J connectivity index is 1.88. The SMILES string of the molecule is CN1C=c2c(-c3ccc(F)cc3)c(C(=O)N(C)Cc3cc(C(F)(F)F)cc(C(F)(F)F)c3)n(C)c(=O)c2=CC1. The van der Waals surface area contributed by atoms with E-state index in [9.17, 15) is 40.3 Å². The minimum Gasteiger partial charge on any atom is -0.376 e. The molecule has 12 heteroatoms. The third kappa shape index (κ3) is 5.55. The van der Waals surface area contributed by atoms with Gasteiger partial charge in [0.05, 0.1) is 11.1 Å². The smallest absolute Gasteiger partial charge is 0.376 e. The van der Waals surface area contributed by atoms with Gasteiger partial charge in [0.2, 0.25) is 0 Å². The molecule has 2 heterocycles. The van der Waals surface area contributed by atoms with Crippen LogP contribution in [0.25, 0.3) is 23.4 Å². The van der Waals surface area contributed by atoms with Gasteiger partial charge >= 0.3 is 12.4 Å². The molecule has 0 aliphatic carbocycles. The number of hydrogen-bond acceptors (Lipinski definition) is 3. The number of carbonyl (C=O) groups is 1. The third-order valence-electron chi connectivity index (χ3n) is 6.35. The van der Waals surface area contributed by atoms with Gasteiger partial charge in [-0.3, -0.25) is 9.59 Å². The van der Waals surface area contributed by atoms with Crippen molar-refractivity contribution in [3.8, 4) is 11.1 Å². The van der Waals surface area contributed by atoms with E-state index < -0.39 is 52.9 Å². The van der Waals surface area contributed by atoms with Crippen LogP contribution < -0.4 is 16.0 Å². The van der Waals surface area contributed by atoms with Crippen molar-refractivity contribution in [2.75, 3.05) is 20.6 Å². The fourth-order valence-electron chi connectivity index (χ4n) is 4.46. The molecule has 0 saturated carbocycles. The molecule has 1 aliphatic rings. The van der Waals surface area contributed by atoms with E-state index in [1.807, 2.05) is 0 Å². The second kappa shape index (κ2) is 9.90. The molecule has 2 aromatic carbocycles. The Morgan fingerprint density at radius 1 is 0.923 bits per heavy atom. The summed E-state index contributed by atoms with van der Waals surface area (Å²) in [6, 6.07) is 6.26. The number of fused-ring (bicyclic) bond motifs is 1. The summed E-state index contributed by atoms with van der Waals surface area (Å²) in [5, 5.41) is 0.690. The van der Waals surface area contributed by atoms with Crippen LogP contribution in [-0.4, -0.2) is 40.9 Å². The summed E-state index contributed by atoms with van der Waals surface area (Å²) < 4.78 is 94.8. The van der Waals surface area contributed by atoms with E-state index >= 15 is 0 Å². The molecular weight excluding hydrogens is 531 g/mol. The number of hydrogen-bond donors (Lipinski definition) is 0. The van der Waals surface area contributed by atoms with Crippen LogP contribution in [0.2, 0.25) is 0 Å². The van der Waals surface area contributed by atoms with Gasteiger partial charge in [-0.2, -0.15) is 26.3 Å². The molecule has 0 spiro atoms. The van der Waals surface area contributed by atoms with Crippen molar-refractivity contribution in [2.24, 2.45) is 7.05 Å². The monoisotopic (exact) mass is 553 g/mol. The minimum absolute atomic E-state index is 0.00792. The lowest BCUT2D eigenvalue weighted by atomic mass is 9.98. The summed E-state index contributed by atoms with van der Waals surface area (Å²) in [5.74, 6) is -1.37. The van der Waals surface area contributed by atoms with Crippen molar-refractivity contribution < 1.29 is 35.5 Å². The first-order valence-corrected chi connectivity index (χ1v) is 11.5. The van der Waals surface area contributed by atoms with Crippen molar-refractivity contribution in [3.63, 3.8) is 0 Å². The highest BCUT2D eigenvalue weighted by atomic mass is 19.4. The number of nitrogens with zero attached hydrogens (tertiary/aromatic N) is 3. The molecule has 0 N–H and O–H groups in total. The molecule has 5 nitrogen and oxygen atoms in total. The van der Waals surface area contributed by atoms with Crippen molar-refractivity contribution in [1.29, 1.82) is 0 Å². The van der Waals surface area contributed by atoms with Crippen molar-refractivity contribution in [1.82, 2.24) is 14.4 Å². The zero-order chi connectivity index (χ0) is 28.9. The maximum atomic E-state index is 13.7. The van der Waals surface area contributed by atoms with Crippen molar-refractivity contribution in [3.05, 3.63) is 91.5 Å². The maximum absolute atomic E-state index is 13.7. The van der Waals surface area contributed by atoms with E-state index in [0.717, 1.165) is 9.47 Å². The second-order valence-electron chi connectivity index (χ2n) is 9.27. The fraction of sp³-hybridized carbons (Fsp3) is 0.259. The third-order valence-corrected chi connectivity index (χ3v) is 6.35. The van der Waals surface area contributed by atoms with E-state index in [2.05, 4.69) is 0 Å². The largest absolute Gasteiger partial charge is 0.416 e. The van der Waals surface area contributed by atoms with E-state index in [-0.39, 0.29) is 17.3 Å². The summed E-state index contributed by atoms with van der Waals surface area (Å²) in [6.07, 6.45) is -6.78. The molecule has 1 aromatic heterocycles. The molecule has 206 valence electrons. The van der Waals surface area contributed by atoms with Crippen LogP contribution in [0.3, 0.4) is 0 Å². The molecule has 0 saturated heterocycles. The summed E-state index contributed by atoms with van der Waals surface area (Å²) >= 11 is 0. The Morgan fingerprint density at radius 2 is 1.49 bits per heavy atom. The van der Waals surface area contributed by atoms with Crippen molar-refractivity contribution in [2.45, 2.75) is 18.9 Å². The van der Waals surface area contributed by atoms with Crippen molar-refractivity contribution >= 4 is 18.2 Å². The van der Waals surface area contributed by atoms with Gasteiger partial charge < -0.3 is 14.4 Å². The average molecular weight is 553 g/mol. The maximum Gasteiger partial charge on any atom is 0.416 e. The van der Waals surface area contributed by atoms with Gasteiger partial charge in [0.15, 0.2) is 0 Å². The first-order chi connectivity index (χ1) is 18.1. The predicted octanol–water partition coefficient (Wildman–Crippen LogP) is 3.97. The van der Waals surface area contributed by atoms with Gasteiger partial charge in [0, 0.05) is 56.4 Å². The Morgan fingerprint density at radius 3 is 2.03 bits per heavy atom. The Kier molecular flexibility index (Phi) is 7.09. The van der Waals surface area contributed by atoms with Crippen LogP contribution in [-0.2, 0) is 25.9 Å². The average Bonchev–Trinajstić information content (AvgIpc) is 2.85. The van der Waals surface area contributed by atoms with E-state index in [1.165, 1.54) is 38.4 Å². The molecule has 0 atom stereocenters. The first-order valence-electron chi connectivity index (χ1n) is 11.5. The number of amides is 1. The molecule has 3 aromatic rings. The Bertz CT molecular complexity index is 1590. The lowest BCUT2D eigenvalue weighted by molar-refractivity contribution is -0.143. The summed E-state index contributed by atoms with van der Waals surface area (Å²) in [4.78, 5) is 29.6. The molecule has 39 heavy (non-hydrogen) atoms. The molecule has 0 fully saturated rings. The standard InChI is InChI=1S/C27H22F7N3O2/c1-35-9-8-20-21(14-35)22(16-4-6-19(28)7-5-16)23(37(3)24(20)38)25(39)36(2)13-15-10-17(26(29,30)31)12-18(11-15)27(32,33)34/h4-8,10-12,14H,9,13H2,1-3H3. The first kappa shape index (κ1) is 27.9. The number of alkyl halides is 6. The number of benzene rings is 2. The molecular formula is C27H22F7N3O2. The number of halogens is 7. The molecule has 0 unspecified atom stereocenters. The van der Waals surface area contributed by atoms with Crippen LogP contribution in [0.5, 0.6) is 0 Å². The summed E-state index contributed by atoms with van der Waals surface area (Å²) in [7, 11) is 4.29. The summed E-state index contributed by atoms with van der Waals surface area (Å²) in [6.45, 7) is -0.203. The highest BCUT2D eigenvalue weighted by Crippen LogP contribution is 2.36. The number of aromatic nitrogens is 1. The molecule has 0 radical (unpaired) electrons. The Hall–Kier alpha value is -4.09. The van der Waals surface area contributed by atoms with Crippen LogP contribution in [0.4, 0.5) is 30.7 Å². The highest BCUT2D eigenvalue weighted by Gasteiger charge is 2.37. The van der Waals surface area contributed by atoms with Gasteiger partial charge in [0.25, 0.3) is 11.5 Å². The molecule has 1 aliphatic heterocycles. The topological polar surface area (TPSA) is 45.6 Å². The molecule has 1 amide bonds. The Labute approximate surface area is 217 Å². The van der Waals surface area contributed by atoms with E-state index in [4.69, 9.17) is 0 Å². The number of rotatable bonds is 4. The lowest BCUT2D eigenvalue weighted by Crippen LogP contribution is -2.51. The van der Waals surface area contributed by atoms with Gasteiger partial charge in [-0.25, -0.2) is 4.39 Å². The minimum atomic E-state index is -5.05. The lowest BCUT2D eigenvalue weighted by Gasteiger charge is -2.24. The zero-order valence-electron chi connectivity index (χ0n) is 20.9. The van der Waals surface area contributed by atoms with Gasteiger partial charge in [-0.05, 0) is 41.5 Å². The number of pyridine rings is 1. The second-order valence-corrected chi connectivity index (χ2v) is 9.27. The van der Waals surface area contributed by atoms with E-state index in [0.29, 0.717) is 34.7 Å². The molecule has 0 bridgehead atoms. The summed E-state index contributed by atoms with van der Waals surface area (Å²) in [5.41, 5.74) is -3.43. The zero-order valence-corrected chi connectivity index (χ0v) is 20.9. The van der Waals surface area contributed by atoms with Gasteiger partial charge in [-0.15, -0.1) is 0 Å². The van der Waals surface area contributed by atoms with Crippen LogP contribution in [0.15, 0.2) is 47.3 Å². The van der Waals surface area contributed by atoms with Gasteiger partial charge in [-0.1, -0.05) is 18.2 Å². The van der Waals surface area contributed by atoms with Crippen LogP contribution in [0.1, 0.15) is 27.2 Å². The van der Waals surface area contributed by atoms with E-state index in [1.54, 1.807) is 24.2 Å².